The van der Waals surface area contributed by atoms with E-state index in [9.17, 15) is 18.7 Å². The molecule has 2 aliphatic heterocycles. The number of nitrogens with one attached hydrogen (secondary N) is 1. The number of hydrogen-bond donors (Lipinski definition) is 2. The molecule has 4 bridgehead atoms. The molecule has 2 aliphatic rings. The number of nitrogens with zero attached hydrogens (tertiary/aromatic N) is 9. The van der Waals surface area contributed by atoms with Crippen LogP contribution in [0.5, 0.6) is 0 Å². The van der Waals surface area contributed by atoms with Crippen molar-refractivity contribution in [3.05, 3.63) is 84.1 Å². The second-order valence-electron chi connectivity index (χ2n) is 12.7. The van der Waals surface area contributed by atoms with Crippen LogP contribution < -0.4 is 10.2 Å². The summed E-state index contributed by atoms with van der Waals surface area (Å²) in [4.78, 5) is 36.9. The van der Waals surface area contributed by atoms with E-state index in [1.165, 1.54) is 16.9 Å². The number of amides is 1. The van der Waals surface area contributed by atoms with Gasteiger partial charge in [-0.3, -0.25) is 4.79 Å². The number of aliphatic hydroxyl groups excluding tert-OH is 1. The standard InChI is InChI=1S/C35H34F2N10O3/c1-19-39-27-8-4-6-23-26-7-5-9-30(41-26)40-21-13-29(35(49)44(2)16-22(50-3)17-45(19)32(23)27)46(15-21)33-24-14-38-47(34(24)43-31(18-48)42-33)28-11-10-20(36)12-25(28)37/h4-12,14,21-22,29,48H,13,15-18H2,1-3H3,(H,40,41)/t21-,22?,29-/m0/s1. The molecule has 0 aliphatic carbocycles. The van der Waals surface area contributed by atoms with E-state index >= 15 is 0 Å². The number of aryl methyl sites for hydroxylation is 1. The van der Waals surface area contributed by atoms with Crippen LogP contribution in [0.1, 0.15) is 18.1 Å². The number of anilines is 2. The Morgan fingerprint density at radius 1 is 1.02 bits per heavy atom. The molecular weight excluding hydrogens is 646 g/mol. The molecule has 6 aromatic rings. The molecule has 3 atom stereocenters. The molecule has 0 spiro atoms. The van der Waals surface area contributed by atoms with Gasteiger partial charge in [-0.2, -0.15) is 5.10 Å². The van der Waals surface area contributed by atoms with E-state index in [-0.39, 0.29) is 35.2 Å². The maximum Gasteiger partial charge on any atom is 0.245 e. The van der Waals surface area contributed by atoms with Crippen molar-refractivity contribution in [1.82, 2.24) is 39.2 Å². The highest BCUT2D eigenvalue weighted by Crippen LogP contribution is 2.35. The Bertz CT molecular complexity index is 2270. The molecule has 6 heterocycles. The predicted molar refractivity (Wildman–Crippen MR) is 182 cm³/mol. The first-order chi connectivity index (χ1) is 24.2. The number of imidazole rings is 1. The lowest BCUT2D eigenvalue weighted by atomic mass is 10.1. The topological polar surface area (TPSA) is 139 Å². The van der Waals surface area contributed by atoms with Gasteiger partial charge in [0.2, 0.25) is 5.91 Å². The van der Waals surface area contributed by atoms with E-state index in [1.54, 1.807) is 19.1 Å². The minimum Gasteiger partial charge on any atom is -0.388 e. The van der Waals surface area contributed by atoms with E-state index in [1.807, 2.05) is 48.2 Å². The van der Waals surface area contributed by atoms with Crippen molar-refractivity contribution in [2.75, 3.05) is 37.5 Å². The van der Waals surface area contributed by atoms with Crippen molar-refractivity contribution in [3.63, 3.8) is 0 Å². The zero-order valence-corrected chi connectivity index (χ0v) is 27.6. The van der Waals surface area contributed by atoms with Crippen LogP contribution in [0.25, 0.3) is 39.0 Å². The van der Waals surface area contributed by atoms with Crippen LogP contribution >= 0.6 is 0 Å². The number of aromatic nitrogens is 7. The number of halogens is 2. The highest BCUT2D eigenvalue weighted by atomic mass is 19.1. The van der Waals surface area contributed by atoms with Gasteiger partial charge in [-0.15, -0.1) is 0 Å². The number of para-hydroxylation sites is 1. The lowest BCUT2D eigenvalue weighted by molar-refractivity contribution is -0.132. The number of ether oxygens (including phenoxy) is 1. The molecule has 0 radical (unpaired) electrons. The number of carbonyl (C=O) groups is 1. The summed E-state index contributed by atoms with van der Waals surface area (Å²) in [5, 5.41) is 18.6. The Morgan fingerprint density at radius 3 is 2.66 bits per heavy atom. The van der Waals surface area contributed by atoms with Crippen molar-refractivity contribution in [1.29, 1.82) is 0 Å². The van der Waals surface area contributed by atoms with E-state index in [4.69, 9.17) is 14.7 Å². The lowest BCUT2D eigenvalue weighted by Gasteiger charge is -2.31. The minimum absolute atomic E-state index is 0.0201. The number of benzene rings is 2. The first-order valence-corrected chi connectivity index (χ1v) is 16.3. The first kappa shape index (κ1) is 31.7. The number of likely N-dealkylation sites (N-methyl/N-ethyl adjacent to an activating group) is 1. The average molecular weight is 681 g/mol. The molecule has 4 aromatic heterocycles. The van der Waals surface area contributed by atoms with Gasteiger partial charge in [-0.25, -0.2) is 33.4 Å². The number of carbonyl (C=O) groups excluding carboxylic acids is 1. The molecule has 1 saturated heterocycles. The van der Waals surface area contributed by atoms with Crippen LogP contribution in [0.15, 0.2) is 60.8 Å². The Kier molecular flexibility index (Phi) is 7.87. The number of fused-ring (bicyclic) bond motifs is 6. The van der Waals surface area contributed by atoms with Gasteiger partial charge < -0.3 is 29.5 Å². The second kappa shape index (κ2) is 12.4. The van der Waals surface area contributed by atoms with Gasteiger partial charge in [-0.1, -0.05) is 18.2 Å². The average Bonchev–Trinajstić information content (AvgIpc) is 3.82. The summed E-state index contributed by atoms with van der Waals surface area (Å²) < 4.78 is 38.0. The molecule has 50 heavy (non-hydrogen) atoms. The molecule has 0 saturated carbocycles. The van der Waals surface area contributed by atoms with Crippen LogP contribution in [0.2, 0.25) is 0 Å². The smallest absolute Gasteiger partial charge is 0.245 e. The fraction of sp³-hybridized carbons (Fsp3) is 0.314. The summed E-state index contributed by atoms with van der Waals surface area (Å²) >= 11 is 0. The molecule has 256 valence electrons. The number of aliphatic hydroxyl groups is 1. The van der Waals surface area contributed by atoms with Crippen molar-refractivity contribution >= 4 is 39.6 Å². The molecule has 1 fully saturated rings. The van der Waals surface area contributed by atoms with Gasteiger partial charge >= 0.3 is 0 Å². The molecule has 2 aromatic carbocycles. The maximum atomic E-state index is 14.9. The summed E-state index contributed by atoms with van der Waals surface area (Å²) in [6.07, 6.45) is 1.54. The third-order valence-corrected chi connectivity index (χ3v) is 9.50. The highest BCUT2D eigenvalue weighted by molar-refractivity contribution is 5.94. The fourth-order valence-corrected chi connectivity index (χ4v) is 7.13. The van der Waals surface area contributed by atoms with Crippen LogP contribution in [-0.4, -0.2) is 95.6 Å². The third-order valence-electron chi connectivity index (χ3n) is 9.50. The maximum absolute atomic E-state index is 14.9. The van der Waals surface area contributed by atoms with E-state index < -0.39 is 24.3 Å². The first-order valence-electron chi connectivity index (χ1n) is 16.3. The van der Waals surface area contributed by atoms with Crippen LogP contribution in [0.4, 0.5) is 20.4 Å². The normalized spacial score (nSPS) is 19.6. The van der Waals surface area contributed by atoms with Gasteiger partial charge in [0.15, 0.2) is 17.3 Å². The lowest BCUT2D eigenvalue weighted by Crippen LogP contribution is -2.47. The predicted octanol–water partition coefficient (Wildman–Crippen LogP) is 3.85. The van der Waals surface area contributed by atoms with Gasteiger partial charge in [0.1, 0.15) is 41.6 Å². The van der Waals surface area contributed by atoms with E-state index in [0.717, 1.165) is 40.2 Å². The van der Waals surface area contributed by atoms with Crippen LogP contribution in [-0.2, 0) is 22.7 Å². The number of hydrogen-bond acceptors (Lipinski definition) is 10. The minimum atomic E-state index is -0.828. The molecule has 2 N–H and O–H groups in total. The zero-order chi connectivity index (χ0) is 34.7. The Labute approximate surface area is 285 Å². The molecule has 1 amide bonds. The Hall–Kier alpha value is -5.54. The SMILES string of the molecule is COC1CN(C)C(=O)[C@@H]2C[C@@H](CN2c2nc(CO)nc3c2cnn3-c2ccc(F)cc2F)Nc2cccc(n2)-c2cccc3nc(C)n(c23)C1. The Balaban J connectivity index is 1.24. The fourth-order valence-electron chi connectivity index (χ4n) is 7.13. The third kappa shape index (κ3) is 5.38. The van der Waals surface area contributed by atoms with Gasteiger partial charge in [0, 0.05) is 44.9 Å². The van der Waals surface area contributed by atoms with Crippen molar-refractivity contribution < 1.29 is 23.4 Å². The van der Waals surface area contributed by atoms with E-state index in [0.29, 0.717) is 43.1 Å². The van der Waals surface area contributed by atoms with E-state index in [2.05, 4.69) is 25.0 Å². The molecule has 8 rings (SSSR count). The summed E-state index contributed by atoms with van der Waals surface area (Å²) in [5.41, 5.74) is 3.69. The number of rotatable bonds is 4. The summed E-state index contributed by atoms with van der Waals surface area (Å²) in [5.74, 6) is 0.169. The largest absolute Gasteiger partial charge is 0.388 e. The Morgan fingerprint density at radius 2 is 1.86 bits per heavy atom. The molecule has 15 heteroatoms. The van der Waals surface area contributed by atoms with Crippen molar-refractivity contribution in [3.8, 4) is 16.9 Å². The quantitative estimate of drug-likeness (QED) is 0.282. The number of pyridine rings is 1. The van der Waals surface area contributed by atoms with Gasteiger partial charge in [0.25, 0.3) is 0 Å². The summed E-state index contributed by atoms with van der Waals surface area (Å²) in [7, 11) is 3.39. The molecule has 1 unspecified atom stereocenters. The van der Waals surface area contributed by atoms with Crippen LogP contribution in [0, 0.1) is 18.6 Å². The molecule has 13 nitrogen and oxygen atoms in total. The summed E-state index contributed by atoms with van der Waals surface area (Å²) in [6.45, 7) is 2.54. The zero-order valence-electron chi connectivity index (χ0n) is 27.6. The second-order valence-corrected chi connectivity index (χ2v) is 12.7. The van der Waals surface area contributed by atoms with Crippen molar-refractivity contribution in [2.45, 2.75) is 44.7 Å². The van der Waals surface area contributed by atoms with Crippen molar-refractivity contribution in [2.24, 2.45) is 0 Å². The van der Waals surface area contributed by atoms with Gasteiger partial charge in [0.05, 0.1) is 41.0 Å². The summed E-state index contributed by atoms with van der Waals surface area (Å²) in [6, 6.07) is 14.0. The van der Waals surface area contributed by atoms with Gasteiger partial charge in [-0.05, 0) is 43.7 Å². The molecular formula is C35H34F2N10O3. The van der Waals surface area contributed by atoms with Crippen LogP contribution in [0.3, 0.4) is 0 Å². The number of methoxy groups -OCH3 is 1. The monoisotopic (exact) mass is 680 g/mol. The highest BCUT2D eigenvalue weighted by Gasteiger charge is 2.41.